The summed E-state index contributed by atoms with van der Waals surface area (Å²) in [4.78, 5) is 0. The Morgan fingerprint density at radius 3 is 1.50 bits per heavy atom. The van der Waals surface area contributed by atoms with Gasteiger partial charge in [0.1, 0.15) is 0 Å². The third-order valence-electron chi connectivity index (χ3n) is 3.38. The number of hydrogen-bond acceptors (Lipinski definition) is 8. The van der Waals surface area contributed by atoms with Crippen LogP contribution in [-0.2, 0) is 0 Å². The molecular formula is C16H20S8. The number of hydrogen-bond donors (Lipinski definition) is 0. The van der Waals surface area contributed by atoms with E-state index in [-0.39, 0.29) is 0 Å². The maximum absolute atomic E-state index is 2.29. The summed E-state index contributed by atoms with van der Waals surface area (Å²) in [6, 6.07) is 0. The van der Waals surface area contributed by atoms with Crippen molar-refractivity contribution in [2.45, 2.75) is 39.5 Å². The fourth-order valence-electron chi connectivity index (χ4n) is 2.35. The molecule has 0 spiro atoms. The largest absolute Gasteiger partial charge is 0.121 e. The molecule has 3 rings (SSSR count). The van der Waals surface area contributed by atoms with Crippen LogP contribution in [0.5, 0.6) is 0 Å². The van der Waals surface area contributed by atoms with Gasteiger partial charge in [-0.2, -0.15) is 0 Å². The van der Waals surface area contributed by atoms with Gasteiger partial charge in [-0.05, 0) is 30.9 Å². The predicted molar refractivity (Wildman–Crippen MR) is 130 cm³/mol. The predicted octanol–water partition coefficient (Wildman–Crippen LogP) is 9.34. The Bertz CT molecular complexity index is 592. The second kappa shape index (κ2) is 9.80. The number of rotatable bonds is 6. The first-order valence-corrected chi connectivity index (χ1v) is 15.1. The molecule has 0 nitrogen and oxygen atoms in total. The van der Waals surface area contributed by atoms with Gasteiger partial charge in [-0.3, -0.25) is 0 Å². The molecule has 0 saturated heterocycles. The lowest BCUT2D eigenvalue weighted by molar-refractivity contribution is 0.804. The zero-order valence-corrected chi connectivity index (χ0v) is 20.6. The minimum absolute atomic E-state index is 1.26. The molecule has 3 aliphatic rings. The summed E-state index contributed by atoms with van der Waals surface area (Å²) in [6.07, 6.45) is 9.41. The van der Waals surface area contributed by atoms with Crippen molar-refractivity contribution in [1.29, 1.82) is 0 Å². The molecule has 0 amide bonds. The summed E-state index contributed by atoms with van der Waals surface area (Å²) in [6.45, 7) is 4.59. The number of allylic oxidation sites excluding steroid dienone is 1. The van der Waals surface area contributed by atoms with Gasteiger partial charge in [0, 0.05) is 0 Å². The Hall–Kier alpha value is 1.76. The Kier molecular flexibility index (Phi) is 8.37. The second-order valence-electron chi connectivity index (χ2n) is 5.14. The average molecular weight is 469 g/mol. The van der Waals surface area contributed by atoms with Crippen molar-refractivity contribution in [1.82, 2.24) is 0 Å². The smallest absolute Gasteiger partial charge is 0.0718 e. The molecule has 0 atom stereocenters. The lowest BCUT2D eigenvalue weighted by Gasteiger charge is -2.10. The fraction of sp³-hybridized carbons (Fsp3) is 0.500. The molecule has 0 N–H and O–H groups in total. The van der Waals surface area contributed by atoms with Crippen LogP contribution < -0.4 is 0 Å². The molecule has 132 valence electrons. The van der Waals surface area contributed by atoms with Gasteiger partial charge in [-0.25, -0.2) is 0 Å². The third kappa shape index (κ3) is 4.59. The maximum Gasteiger partial charge on any atom is 0.0718 e. The zero-order chi connectivity index (χ0) is 17.1. The Labute approximate surface area is 179 Å². The quantitative estimate of drug-likeness (QED) is 0.373. The maximum atomic E-state index is 2.29. The molecule has 8 heteroatoms. The molecule has 0 radical (unpaired) electrons. The van der Waals surface area contributed by atoms with Crippen molar-refractivity contribution in [3.05, 3.63) is 35.2 Å². The molecule has 0 unspecified atom stereocenters. The first kappa shape index (κ1) is 20.5. The minimum Gasteiger partial charge on any atom is -0.121 e. The number of thioether (sulfide) groups is 8. The first-order valence-electron chi connectivity index (χ1n) is 7.80. The van der Waals surface area contributed by atoms with E-state index in [0.717, 1.165) is 0 Å². The average Bonchev–Trinajstić information content (AvgIpc) is 3.26. The third-order valence-corrected chi connectivity index (χ3v) is 14.9. The molecule has 0 aromatic heterocycles. The van der Waals surface area contributed by atoms with Crippen LogP contribution in [0.3, 0.4) is 0 Å². The monoisotopic (exact) mass is 468 g/mol. The second-order valence-corrected chi connectivity index (χ2v) is 14.7. The zero-order valence-electron chi connectivity index (χ0n) is 14.1. The molecule has 0 fully saturated rings. The molecule has 0 aromatic carbocycles. The summed E-state index contributed by atoms with van der Waals surface area (Å²) in [5.41, 5.74) is 1.68. The molecule has 3 heterocycles. The molecule has 24 heavy (non-hydrogen) atoms. The van der Waals surface area contributed by atoms with E-state index in [4.69, 9.17) is 0 Å². The van der Waals surface area contributed by atoms with Gasteiger partial charge in [0.15, 0.2) is 0 Å². The van der Waals surface area contributed by atoms with Crippen molar-refractivity contribution < 1.29 is 0 Å². The molecule has 3 aliphatic heterocycles. The highest BCUT2D eigenvalue weighted by Gasteiger charge is 2.35. The van der Waals surface area contributed by atoms with Crippen LogP contribution in [-0.4, -0.2) is 12.5 Å². The molecule has 0 aliphatic carbocycles. The van der Waals surface area contributed by atoms with Crippen molar-refractivity contribution >= 4 is 94.1 Å². The fourth-order valence-corrected chi connectivity index (χ4v) is 14.2. The van der Waals surface area contributed by atoms with Crippen molar-refractivity contribution in [3.63, 3.8) is 0 Å². The van der Waals surface area contributed by atoms with E-state index in [9.17, 15) is 0 Å². The van der Waals surface area contributed by atoms with E-state index in [1.807, 2.05) is 94.1 Å². The van der Waals surface area contributed by atoms with Gasteiger partial charge in [-0.1, -0.05) is 97.3 Å². The van der Waals surface area contributed by atoms with Gasteiger partial charge in [0.25, 0.3) is 0 Å². The van der Waals surface area contributed by atoms with Crippen LogP contribution in [0.25, 0.3) is 0 Å². The van der Waals surface area contributed by atoms with Crippen LogP contribution in [0.1, 0.15) is 39.5 Å². The molecule has 0 aromatic rings. The van der Waals surface area contributed by atoms with Gasteiger partial charge in [0.2, 0.25) is 0 Å². The van der Waals surface area contributed by atoms with Gasteiger partial charge in [0.05, 0.1) is 29.7 Å². The SMILES string of the molecule is CCCC(CCC)=C1SC2=C(S1)SC(=C1SC(SC)=C(SC)S1)S2. The normalized spacial score (nSPS) is 20.8. The van der Waals surface area contributed by atoms with Crippen molar-refractivity contribution in [2.24, 2.45) is 0 Å². The van der Waals surface area contributed by atoms with Crippen LogP contribution in [0.4, 0.5) is 0 Å². The Morgan fingerprint density at radius 2 is 1.08 bits per heavy atom. The van der Waals surface area contributed by atoms with Gasteiger partial charge in [-0.15, -0.1) is 23.5 Å². The van der Waals surface area contributed by atoms with E-state index in [1.165, 1.54) is 51.1 Å². The van der Waals surface area contributed by atoms with Crippen molar-refractivity contribution in [3.8, 4) is 0 Å². The summed E-state index contributed by atoms with van der Waals surface area (Å²) < 4.78 is 10.6. The highest BCUT2D eigenvalue weighted by atomic mass is 32.3. The van der Waals surface area contributed by atoms with Crippen molar-refractivity contribution in [2.75, 3.05) is 12.5 Å². The van der Waals surface area contributed by atoms with Gasteiger partial charge < -0.3 is 0 Å². The summed E-state index contributed by atoms with van der Waals surface area (Å²) >= 11 is 15.8. The lowest BCUT2D eigenvalue weighted by atomic mass is 10.1. The van der Waals surface area contributed by atoms with E-state index in [0.29, 0.717) is 0 Å². The summed E-state index contributed by atoms with van der Waals surface area (Å²) in [7, 11) is 0. The summed E-state index contributed by atoms with van der Waals surface area (Å²) in [5, 5.41) is 0. The van der Waals surface area contributed by atoms with Crippen LogP contribution in [0, 0.1) is 0 Å². The molecular weight excluding hydrogens is 449 g/mol. The van der Waals surface area contributed by atoms with Gasteiger partial charge >= 0.3 is 0 Å². The van der Waals surface area contributed by atoms with E-state index in [2.05, 4.69) is 26.4 Å². The molecule has 0 bridgehead atoms. The first-order chi connectivity index (χ1) is 11.7. The molecule has 0 saturated carbocycles. The standard InChI is InChI=1S/C16H20S8/c1-5-7-9(8-6-2)10-19-13-14(20-10)24-16(23-13)15-21-11(17-3)12(18-4)22-15/h5-8H2,1-4H3. The highest BCUT2D eigenvalue weighted by molar-refractivity contribution is 8.49. The Morgan fingerprint density at radius 1 is 0.667 bits per heavy atom. The summed E-state index contributed by atoms with van der Waals surface area (Å²) in [5.74, 6) is 0. The minimum atomic E-state index is 1.26. The van der Waals surface area contributed by atoms with E-state index in [1.54, 1.807) is 9.81 Å². The van der Waals surface area contributed by atoms with Crippen LogP contribution in [0.2, 0.25) is 0 Å². The topological polar surface area (TPSA) is 0 Å². The van der Waals surface area contributed by atoms with Crippen LogP contribution >= 0.6 is 94.1 Å². The van der Waals surface area contributed by atoms with Crippen LogP contribution in [0.15, 0.2) is 35.2 Å². The lowest BCUT2D eigenvalue weighted by Crippen LogP contribution is -1.85. The van der Waals surface area contributed by atoms with E-state index < -0.39 is 0 Å². The van der Waals surface area contributed by atoms with E-state index >= 15 is 0 Å². The Balaban J connectivity index is 1.68. The highest BCUT2D eigenvalue weighted by Crippen LogP contribution is 2.71.